The van der Waals surface area contributed by atoms with Gasteiger partial charge in [0.15, 0.2) is 5.76 Å². The molecule has 6 heteroatoms. The molecule has 0 saturated carbocycles. The maximum atomic E-state index is 11.4. The normalized spacial score (nSPS) is 10.1. The highest BCUT2D eigenvalue weighted by atomic mass is 16.4. The topological polar surface area (TPSA) is 91.6 Å². The first-order valence-corrected chi connectivity index (χ1v) is 4.89. The minimum atomic E-state index is -1.11. The fourth-order valence-electron chi connectivity index (χ4n) is 1.12. The maximum absolute atomic E-state index is 11.4. The summed E-state index contributed by atoms with van der Waals surface area (Å²) in [5.41, 5.74) is -0.0274. The summed E-state index contributed by atoms with van der Waals surface area (Å²) in [6.07, 6.45) is 1.85. The van der Waals surface area contributed by atoms with Gasteiger partial charge in [0.05, 0.1) is 5.56 Å². The summed E-state index contributed by atoms with van der Waals surface area (Å²) in [6, 6.07) is 1.20. The van der Waals surface area contributed by atoms with Crippen molar-refractivity contribution in [3.63, 3.8) is 0 Å². The molecule has 1 rings (SSSR count). The number of carboxylic acids is 1. The Morgan fingerprint density at radius 3 is 2.75 bits per heavy atom. The van der Waals surface area contributed by atoms with Gasteiger partial charge in [-0.25, -0.2) is 4.79 Å². The second-order valence-corrected chi connectivity index (χ2v) is 3.22. The predicted molar refractivity (Wildman–Crippen MR) is 56.5 cm³/mol. The molecule has 0 aliphatic heterocycles. The van der Waals surface area contributed by atoms with Crippen LogP contribution >= 0.6 is 0 Å². The van der Waals surface area contributed by atoms with Gasteiger partial charge in [0, 0.05) is 12.6 Å². The van der Waals surface area contributed by atoms with Crippen molar-refractivity contribution in [1.82, 2.24) is 10.6 Å². The summed E-state index contributed by atoms with van der Waals surface area (Å²) in [5, 5.41) is 14.2. The Balaban J connectivity index is 2.43. The number of amides is 1. The number of furan rings is 1. The molecular weight excluding hydrogens is 212 g/mol. The Hall–Kier alpha value is -1.82. The summed E-state index contributed by atoms with van der Waals surface area (Å²) < 4.78 is 4.84. The van der Waals surface area contributed by atoms with E-state index in [1.807, 2.05) is 7.05 Å². The molecule has 0 unspecified atom stereocenters. The SMILES string of the molecule is CNCCCNC(=O)c1cc(C(=O)O)co1. The van der Waals surface area contributed by atoms with Gasteiger partial charge in [-0.2, -0.15) is 0 Å². The number of carboxylic acid groups (broad SMARTS) is 1. The van der Waals surface area contributed by atoms with Crippen molar-refractivity contribution in [2.24, 2.45) is 0 Å². The molecule has 6 nitrogen and oxygen atoms in total. The molecule has 0 saturated heterocycles. The summed E-state index contributed by atoms with van der Waals surface area (Å²) in [4.78, 5) is 22.0. The van der Waals surface area contributed by atoms with Crippen LogP contribution in [0.1, 0.15) is 27.3 Å². The van der Waals surface area contributed by atoms with Crippen molar-refractivity contribution in [3.05, 3.63) is 23.7 Å². The number of hydrogen-bond acceptors (Lipinski definition) is 4. The Bertz CT molecular complexity index is 373. The fourth-order valence-corrected chi connectivity index (χ4v) is 1.12. The lowest BCUT2D eigenvalue weighted by Crippen LogP contribution is -2.26. The molecule has 1 aromatic heterocycles. The van der Waals surface area contributed by atoms with E-state index in [1.165, 1.54) is 6.07 Å². The quantitative estimate of drug-likeness (QED) is 0.607. The summed E-state index contributed by atoms with van der Waals surface area (Å²) >= 11 is 0. The molecule has 0 aliphatic carbocycles. The molecule has 0 fully saturated rings. The van der Waals surface area contributed by atoms with Gasteiger partial charge in [0.25, 0.3) is 5.91 Å². The zero-order chi connectivity index (χ0) is 12.0. The second-order valence-electron chi connectivity index (χ2n) is 3.22. The number of aromatic carboxylic acids is 1. The van der Waals surface area contributed by atoms with Gasteiger partial charge in [0.1, 0.15) is 6.26 Å². The number of rotatable bonds is 6. The maximum Gasteiger partial charge on any atom is 0.338 e. The molecule has 0 radical (unpaired) electrons. The minimum absolute atomic E-state index is 0.0156. The van der Waals surface area contributed by atoms with E-state index < -0.39 is 11.9 Å². The molecule has 1 amide bonds. The van der Waals surface area contributed by atoms with Crippen LogP contribution in [0.3, 0.4) is 0 Å². The highest BCUT2D eigenvalue weighted by Crippen LogP contribution is 2.07. The lowest BCUT2D eigenvalue weighted by Gasteiger charge is -2.01. The van der Waals surface area contributed by atoms with E-state index in [4.69, 9.17) is 9.52 Å². The van der Waals surface area contributed by atoms with Crippen LogP contribution in [0, 0.1) is 0 Å². The van der Waals surface area contributed by atoms with Gasteiger partial charge in [-0.3, -0.25) is 4.79 Å². The van der Waals surface area contributed by atoms with Crippen LogP contribution in [0.5, 0.6) is 0 Å². The molecule has 3 N–H and O–H groups in total. The first-order chi connectivity index (χ1) is 7.65. The number of hydrogen-bond donors (Lipinski definition) is 3. The van der Waals surface area contributed by atoms with Crippen LogP contribution < -0.4 is 10.6 Å². The summed E-state index contributed by atoms with van der Waals surface area (Å²) in [5.74, 6) is -1.50. The number of carbonyl (C=O) groups excluding carboxylic acids is 1. The van der Waals surface area contributed by atoms with Gasteiger partial charge >= 0.3 is 5.97 Å². The third-order valence-corrected chi connectivity index (χ3v) is 1.96. The lowest BCUT2D eigenvalue weighted by molar-refractivity contribution is 0.0696. The first kappa shape index (κ1) is 12.3. The molecular formula is C10H14N2O4. The molecule has 1 aromatic rings. The molecule has 0 spiro atoms. The Labute approximate surface area is 92.6 Å². The van der Waals surface area contributed by atoms with Gasteiger partial charge in [0.2, 0.25) is 0 Å². The summed E-state index contributed by atoms with van der Waals surface area (Å²) in [7, 11) is 1.83. The smallest absolute Gasteiger partial charge is 0.338 e. The van der Waals surface area contributed by atoms with Crippen LogP contribution in [0.15, 0.2) is 16.7 Å². The molecule has 0 aliphatic rings. The first-order valence-electron chi connectivity index (χ1n) is 4.89. The molecule has 0 aromatic carbocycles. The largest absolute Gasteiger partial charge is 0.478 e. The number of nitrogens with one attached hydrogen (secondary N) is 2. The monoisotopic (exact) mass is 226 g/mol. The van der Waals surface area contributed by atoms with Crippen molar-refractivity contribution in [3.8, 4) is 0 Å². The van der Waals surface area contributed by atoms with Crippen LogP contribution in [0.2, 0.25) is 0 Å². The van der Waals surface area contributed by atoms with E-state index in [-0.39, 0.29) is 11.3 Å². The van der Waals surface area contributed by atoms with Crippen molar-refractivity contribution < 1.29 is 19.1 Å². The van der Waals surface area contributed by atoms with Gasteiger partial charge in [-0.05, 0) is 20.0 Å². The van der Waals surface area contributed by atoms with E-state index >= 15 is 0 Å². The van der Waals surface area contributed by atoms with E-state index in [0.29, 0.717) is 6.54 Å². The highest BCUT2D eigenvalue weighted by molar-refractivity contribution is 5.95. The molecule has 88 valence electrons. The Morgan fingerprint density at radius 2 is 2.19 bits per heavy atom. The van der Waals surface area contributed by atoms with Crippen LogP contribution in [0.25, 0.3) is 0 Å². The lowest BCUT2D eigenvalue weighted by atomic mass is 10.3. The van der Waals surface area contributed by atoms with Crippen LogP contribution in [-0.2, 0) is 0 Å². The average molecular weight is 226 g/mol. The Kier molecular flexibility index (Phi) is 4.53. The fraction of sp³-hybridized carbons (Fsp3) is 0.400. The Morgan fingerprint density at radius 1 is 1.44 bits per heavy atom. The van der Waals surface area contributed by atoms with Crippen LogP contribution in [-0.4, -0.2) is 37.1 Å². The molecule has 16 heavy (non-hydrogen) atoms. The molecule has 0 bridgehead atoms. The third kappa shape index (κ3) is 3.39. The van der Waals surface area contributed by atoms with Crippen molar-refractivity contribution in [2.45, 2.75) is 6.42 Å². The van der Waals surface area contributed by atoms with E-state index in [2.05, 4.69) is 10.6 Å². The molecule has 0 atom stereocenters. The zero-order valence-electron chi connectivity index (χ0n) is 8.95. The van der Waals surface area contributed by atoms with Gasteiger partial charge in [-0.1, -0.05) is 0 Å². The van der Waals surface area contributed by atoms with E-state index in [0.717, 1.165) is 19.2 Å². The van der Waals surface area contributed by atoms with Gasteiger partial charge < -0.3 is 20.2 Å². The van der Waals surface area contributed by atoms with Crippen molar-refractivity contribution in [2.75, 3.05) is 20.1 Å². The van der Waals surface area contributed by atoms with Gasteiger partial charge in [-0.15, -0.1) is 0 Å². The second kappa shape index (κ2) is 5.92. The van der Waals surface area contributed by atoms with E-state index in [9.17, 15) is 9.59 Å². The number of carbonyl (C=O) groups is 2. The molecule has 1 heterocycles. The standard InChI is InChI=1S/C10H14N2O4/c1-11-3-2-4-12-9(13)8-5-7(6-16-8)10(14)15/h5-6,11H,2-4H2,1H3,(H,12,13)(H,14,15). The minimum Gasteiger partial charge on any atom is -0.478 e. The predicted octanol–water partition coefficient (Wildman–Crippen LogP) is 0.317. The van der Waals surface area contributed by atoms with Crippen molar-refractivity contribution in [1.29, 1.82) is 0 Å². The zero-order valence-corrected chi connectivity index (χ0v) is 8.95. The van der Waals surface area contributed by atoms with Crippen molar-refractivity contribution >= 4 is 11.9 Å². The van der Waals surface area contributed by atoms with Crippen LogP contribution in [0.4, 0.5) is 0 Å². The third-order valence-electron chi connectivity index (χ3n) is 1.96. The summed E-state index contributed by atoms with van der Waals surface area (Å²) in [6.45, 7) is 1.32. The highest BCUT2D eigenvalue weighted by Gasteiger charge is 2.13. The van der Waals surface area contributed by atoms with E-state index in [1.54, 1.807) is 0 Å². The average Bonchev–Trinajstić information content (AvgIpc) is 2.73.